The molecule has 138 valence electrons. The number of carbonyl (C=O) groups excluding carboxylic acids is 2. The zero-order chi connectivity index (χ0) is 19.0. The Hall–Kier alpha value is -2.33. The molecule has 0 unspecified atom stereocenters. The molecule has 2 N–H and O–H groups in total. The average molecular weight is 373 g/mol. The Labute approximate surface area is 159 Å². The second kappa shape index (κ2) is 9.39. The van der Waals surface area contributed by atoms with E-state index in [4.69, 9.17) is 11.6 Å². The molecule has 0 aromatic heterocycles. The van der Waals surface area contributed by atoms with E-state index < -0.39 is 0 Å². The van der Waals surface area contributed by atoms with Crippen LogP contribution in [-0.2, 0) is 10.2 Å². The molecule has 2 aromatic carbocycles. The van der Waals surface area contributed by atoms with Crippen molar-refractivity contribution in [3.05, 3.63) is 70.7 Å². The monoisotopic (exact) mass is 372 g/mol. The van der Waals surface area contributed by atoms with Crippen LogP contribution in [-0.4, -0.2) is 24.9 Å². The Bertz CT molecular complexity index is 725. The average Bonchev–Trinajstić information content (AvgIpc) is 2.69. The van der Waals surface area contributed by atoms with Gasteiger partial charge in [-0.05, 0) is 42.7 Å². The third kappa shape index (κ3) is 5.09. The maximum Gasteiger partial charge on any atom is 0.251 e. The van der Waals surface area contributed by atoms with Crippen LogP contribution in [0.3, 0.4) is 0 Å². The Morgan fingerprint density at radius 1 is 0.923 bits per heavy atom. The summed E-state index contributed by atoms with van der Waals surface area (Å²) in [6.45, 7) is 4.70. The molecule has 0 aliphatic carbocycles. The minimum absolute atomic E-state index is 0.0438. The molecular formula is C21H25ClN2O2. The second-order valence-electron chi connectivity index (χ2n) is 6.32. The van der Waals surface area contributed by atoms with Crippen LogP contribution in [0, 0.1) is 0 Å². The van der Waals surface area contributed by atoms with Crippen molar-refractivity contribution in [2.24, 2.45) is 0 Å². The van der Waals surface area contributed by atoms with Crippen LogP contribution in [0.25, 0.3) is 0 Å². The zero-order valence-electron chi connectivity index (χ0n) is 15.2. The van der Waals surface area contributed by atoms with Crippen molar-refractivity contribution in [2.75, 3.05) is 13.1 Å². The molecule has 0 aliphatic heterocycles. The Kier molecular flexibility index (Phi) is 7.22. The first-order valence-corrected chi connectivity index (χ1v) is 9.24. The molecule has 0 aliphatic rings. The second-order valence-corrected chi connectivity index (χ2v) is 6.76. The third-order valence-electron chi connectivity index (χ3n) is 4.88. The van der Waals surface area contributed by atoms with Gasteiger partial charge < -0.3 is 10.6 Å². The van der Waals surface area contributed by atoms with E-state index >= 15 is 0 Å². The van der Waals surface area contributed by atoms with E-state index in [1.807, 2.05) is 30.3 Å². The minimum Gasteiger partial charge on any atom is -0.354 e. The van der Waals surface area contributed by atoms with Crippen LogP contribution in [0.2, 0.25) is 5.02 Å². The van der Waals surface area contributed by atoms with Gasteiger partial charge in [0, 0.05) is 22.5 Å². The zero-order valence-corrected chi connectivity index (χ0v) is 16.0. The van der Waals surface area contributed by atoms with Crippen molar-refractivity contribution in [2.45, 2.75) is 32.1 Å². The van der Waals surface area contributed by atoms with Crippen molar-refractivity contribution < 1.29 is 9.59 Å². The quantitative estimate of drug-likeness (QED) is 0.737. The van der Waals surface area contributed by atoms with Gasteiger partial charge in [0.2, 0.25) is 5.91 Å². The van der Waals surface area contributed by atoms with Crippen LogP contribution < -0.4 is 10.6 Å². The van der Waals surface area contributed by atoms with Gasteiger partial charge in [0.1, 0.15) is 0 Å². The number of nitrogens with one attached hydrogen (secondary N) is 2. The number of carbonyl (C=O) groups is 2. The van der Waals surface area contributed by atoms with E-state index in [1.54, 1.807) is 24.3 Å². The highest BCUT2D eigenvalue weighted by molar-refractivity contribution is 6.30. The molecular weight excluding hydrogens is 348 g/mol. The van der Waals surface area contributed by atoms with Crippen LogP contribution in [0.15, 0.2) is 54.6 Å². The molecule has 0 heterocycles. The summed E-state index contributed by atoms with van der Waals surface area (Å²) in [5.41, 5.74) is 1.54. The van der Waals surface area contributed by atoms with Crippen molar-refractivity contribution in [3.8, 4) is 0 Å². The number of benzene rings is 2. The van der Waals surface area contributed by atoms with Gasteiger partial charge in [0.05, 0.1) is 6.54 Å². The predicted octanol–water partition coefficient (Wildman–Crippen LogP) is 3.94. The molecule has 0 saturated carbocycles. The van der Waals surface area contributed by atoms with Gasteiger partial charge in [-0.3, -0.25) is 9.59 Å². The highest BCUT2D eigenvalue weighted by Gasteiger charge is 2.29. The molecule has 2 amide bonds. The largest absolute Gasteiger partial charge is 0.354 e. The first kappa shape index (κ1) is 20.0. The summed E-state index contributed by atoms with van der Waals surface area (Å²) in [4.78, 5) is 24.2. The Morgan fingerprint density at radius 3 is 2.12 bits per heavy atom. The van der Waals surface area contributed by atoms with Crippen molar-refractivity contribution in [1.82, 2.24) is 10.6 Å². The van der Waals surface area contributed by atoms with Gasteiger partial charge in [-0.1, -0.05) is 55.8 Å². The SMILES string of the molecule is CCC(CC)(CNC(=O)CNC(=O)c1ccccc1)c1ccc(Cl)cc1. The van der Waals surface area contributed by atoms with Crippen LogP contribution in [0.4, 0.5) is 0 Å². The van der Waals surface area contributed by atoms with Crippen LogP contribution >= 0.6 is 11.6 Å². The summed E-state index contributed by atoms with van der Waals surface area (Å²) in [5, 5.41) is 6.31. The molecule has 26 heavy (non-hydrogen) atoms. The molecule has 4 nitrogen and oxygen atoms in total. The molecule has 0 fully saturated rings. The fourth-order valence-electron chi connectivity index (χ4n) is 3.00. The molecule has 2 aromatic rings. The van der Waals surface area contributed by atoms with Gasteiger partial charge in [-0.15, -0.1) is 0 Å². The van der Waals surface area contributed by atoms with E-state index in [2.05, 4.69) is 24.5 Å². The number of rotatable bonds is 8. The van der Waals surface area contributed by atoms with Gasteiger partial charge in [0.25, 0.3) is 5.91 Å². The lowest BCUT2D eigenvalue weighted by Gasteiger charge is -2.32. The molecule has 0 bridgehead atoms. The number of hydrogen-bond acceptors (Lipinski definition) is 2. The lowest BCUT2D eigenvalue weighted by atomic mass is 9.76. The third-order valence-corrected chi connectivity index (χ3v) is 5.13. The summed E-state index contributed by atoms with van der Waals surface area (Å²) in [6.07, 6.45) is 1.78. The minimum atomic E-state index is -0.254. The summed E-state index contributed by atoms with van der Waals surface area (Å²) < 4.78 is 0. The molecule has 0 atom stereocenters. The summed E-state index contributed by atoms with van der Waals surface area (Å²) in [7, 11) is 0. The van der Waals surface area contributed by atoms with Crippen molar-refractivity contribution in [3.63, 3.8) is 0 Å². The van der Waals surface area contributed by atoms with Gasteiger partial charge in [0.15, 0.2) is 0 Å². The van der Waals surface area contributed by atoms with E-state index in [1.165, 1.54) is 0 Å². The number of amides is 2. The van der Waals surface area contributed by atoms with E-state index in [0.29, 0.717) is 17.1 Å². The van der Waals surface area contributed by atoms with Crippen molar-refractivity contribution >= 4 is 23.4 Å². The number of hydrogen-bond donors (Lipinski definition) is 2. The smallest absolute Gasteiger partial charge is 0.251 e. The standard InChI is InChI=1S/C21H25ClN2O2/c1-3-21(4-2,17-10-12-18(22)13-11-17)15-24-19(25)14-23-20(26)16-8-6-5-7-9-16/h5-13H,3-4,14-15H2,1-2H3,(H,23,26)(H,24,25). The van der Waals surface area contributed by atoms with Crippen molar-refractivity contribution in [1.29, 1.82) is 0 Å². The lowest BCUT2D eigenvalue weighted by Crippen LogP contribution is -2.44. The molecule has 0 spiro atoms. The first-order valence-electron chi connectivity index (χ1n) is 8.86. The Morgan fingerprint density at radius 2 is 1.54 bits per heavy atom. The normalized spacial score (nSPS) is 11.0. The molecule has 5 heteroatoms. The maximum atomic E-state index is 12.2. The molecule has 2 rings (SSSR count). The first-order chi connectivity index (χ1) is 12.5. The lowest BCUT2D eigenvalue weighted by molar-refractivity contribution is -0.120. The van der Waals surface area contributed by atoms with Gasteiger partial charge in [-0.25, -0.2) is 0 Å². The van der Waals surface area contributed by atoms with Gasteiger partial charge in [-0.2, -0.15) is 0 Å². The maximum absolute atomic E-state index is 12.2. The summed E-state index contributed by atoms with van der Waals surface area (Å²) in [6, 6.07) is 16.6. The molecule has 0 radical (unpaired) electrons. The van der Waals surface area contributed by atoms with Crippen LogP contribution in [0.1, 0.15) is 42.6 Å². The Balaban J connectivity index is 1.93. The summed E-state index contributed by atoms with van der Waals surface area (Å²) in [5.74, 6) is -0.454. The highest BCUT2D eigenvalue weighted by Crippen LogP contribution is 2.31. The highest BCUT2D eigenvalue weighted by atomic mass is 35.5. The fraction of sp³-hybridized carbons (Fsp3) is 0.333. The number of halogens is 1. The van der Waals surface area contributed by atoms with E-state index in [0.717, 1.165) is 18.4 Å². The van der Waals surface area contributed by atoms with Gasteiger partial charge >= 0.3 is 0 Å². The van der Waals surface area contributed by atoms with E-state index in [9.17, 15) is 9.59 Å². The molecule has 0 saturated heterocycles. The fourth-order valence-corrected chi connectivity index (χ4v) is 3.12. The van der Waals surface area contributed by atoms with Crippen LogP contribution in [0.5, 0.6) is 0 Å². The topological polar surface area (TPSA) is 58.2 Å². The van der Waals surface area contributed by atoms with E-state index in [-0.39, 0.29) is 23.8 Å². The predicted molar refractivity (Wildman–Crippen MR) is 105 cm³/mol. The summed E-state index contributed by atoms with van der Waals surface area (Å²) >= 11 is 5.99.